The molecule has 20 heavy (non-hydrogen) atoms. The van der Waals surface area contributed by atoms with Gasteiger partial charge in [0.2, 0.25) is 0 Å². The van der Waals surface area contributed by atoms with Gasteiger partial charge in [0.25, 0.3) is 0 Å². The van der Waals surface area contributed by atoms with Gasteiger partial charge in [0.05, 0.1) is 16.4 Å². The number of anilines is 2. The summed E-state index contributed by atoms with van der Waals surface area (Å²) in [5.74, 6) is -0.906. The number of hydrogen-bond donors (Lipinski definition) is 2. The molecule has 0 aliphatic rings. The molecule has 1 aromatic heterocycles. The van der Waals surface area contributed by atoms with Gasteiger partial charge in [-0.25, -0.2) is 4.98 Å². The zero-order valence-electron chi connectivity index (χ0n) is 10.8. The third kappa shape index (κ3) is 3.13. The van der Waals surface area contributed by atoms with Crippen molar-refractivity contribution in [3.63, 3.8) is 0 Å². The Bertz CT molecular complexity index is 658. The van der Waals surface area contributed by atoms with Crippen LogP contribution in [-0.2, 0) is 10.2 Å². The summed E-state index contributed by atoms with van der Waals surface area (Å²) in [5.41, 5.74) is 0.231. The Morgan fingerprint density at radius 2 is 2.20 bits per heavy atom. The van der Waals surface area contributed by atoms with Crippen molar-refractivity contribution in [2.75, 3.05) is 5.32 Å². The summed E-state index contributed by atoms with van der Waals surface area (Å²) in [6.45, 7) is 3.25. The predicted molar refractivity (Wildman–Crippen MR) is 85.2 cm³/mol. The number of carbonyl (C=O) groups is 1. The van der Waals surface area contributed by atoms with Crippen LogP contribution < -0.4 is 5.32 Å². The van der Waals surface area contributed by atoms with Crippen molar-refractivity contribution in [2.24, 2.45) is 0 Å². The Labute approximate surface area is 133 Å². The molecule has 1 aromatic carbocycles. The van der Waals surface area contributed by atoms with Crippen LogP contribution in [0, 0.1) is 0 Å². The molecule has 1 heterocycles. The maximum atomic E-state index is 11.2. The topological polar surface area (TPSA) is 62.2 Å². The maximum absolute atomic E-state index is 11.2. The number of aliphatic carboxylic acids is 1. The lowest BCUT2D eigenvalue weighted by atomic mass is 9.90. The lowest BCUT2D eigenvalue weighted by molar-refractivity contribution is -0.142. The molecular formula is C13H12BrClN2O2S. The molecule has 0 spiro atoms. The van der Waals surface area contributed by atoms with Gasteiger partial charge in [0, 0.05) is 9.85 Å². The van der Waals surface area contributed by atoms with E-state index in [1.807, 2.05) is 12.1 Å². The van der Waals surface area contributed by atoms with Crippen molar-refractivity contribution in [3.8, 4) is 0 Å². The normalized spacial score (nSPS) is 11.4. The highest BCUT2D eigenvalue weighted by atomic mass is 79.9. The second-order valence-corrected chi connectivity index (χ2v) is 6.90. The van der Waals surface area contributed by atoms with Crippen LogP contribution in [0.1, 0.15) is 19.5 Å². The van der Waals surface area contributed by atoms with Gasteiger partial charge in [-0.2, -0.15) is 0 Å². The van der Waals surface area contributed by atoms with E-state index in [0.29, 0.717) is 15.8 Å². The minimum atomic E-state index is -1.01. The largest absolute Gasteiger partial charge is 0.481 e. The summed E-state index contributed by atoms with van der Waals surface area (Å²) >= 11 is 10.8. The van der Waals surface area contributed by atoms with Crippen molar-refractivity contribution < 1.29 is 9.90 Å². The highest BCUT2D eigenvalue weighted by Crippen LogP contribution is 2.32. The van der Waals surface area contributed by atoms with Gasteiger partial charge in [-0.05, 0) is 32.0 Å². The molecule has 106 valence electrons. The Kier molecular flexibility index (Phi) is 4.36. The van der Waals surface area contributed by atoms with E-state index >= 15 is 0 Å². The van der Waals surface area contributed by atoms with E-state index in [0.717, 1.165) is 10.2 Å². The molecule has 7 heteroatoms. The van der Waals surface area contributed by atoms with E-state index in [-0.39, 0.29) is 0 Å². The van der Waals surface area contributed by atoms with Crippen molar-refractivity contribution in [1.29, 1.82) is 0 Å². The summed E-state index contributed by atoms with van der Waals surface area (Å²) in [6.07, 6.45) is 0. The van der Waals surface area contributed by atoms with E-state index in [1.54, 1.807) is 25.3 Å². The molecule has 2 rings (SSSR count). The van der Waals surface area contributed by atoms with Gasteiger partial charge in [-0.15, -0.1) is 11.3 Å². The molecule has 0 unspecified atom stereocenters. The van der Waals surface area contributed by atoms with Crippen molar-refractivity contribution >= 4 is 55.7 Å². The Hall–Kier alpha value is -1.11. The molecule has 0 saturated carbocycles. The number of nitrogens with one attached hydrogen (secondary N) is 1. The third-order valence-electron chi connectivity index (χ3n) is 2.85. The number of rotatable bonds is 4. The van der Waals surface area contributed by atoms with Crippen molar-refractivity contribution in [2.45, 2.75) is 19.3 Å². The fourth-order valence-electron chi connectivity index (χ4n) is 1.43. The van der Waals surface area contributed by atoms with Gasteiger partial charge in [0.1, 0.15) is 5.41 Å². The SMILES string of the molecule is CC(C)(C(=O)O)c1csc(Nc2ccc(Br)cc2Cl)n1. The molecule has 2 aromatic rings. The monoisotopic (exact) mass is 374 g/mol. The average Bonchev–Trinajstić information content (AvgIpc) is 2.81. The van der Waals surface area contributed by atoms with E-state index in [4.69, 9.17) is 11.6 Å². The molecule has 2 N–H and O–H groups in total. The minimum absolute atomic E-state index is 0.519. The van der Waals surface area contributed by atoms with Crippen LogP contribution >= 0.6 is 38.9 Å². The second-order valence-electron chi connectivity index (χ2n) is 4.72. The standard InChI is InChI=1S/C13H12BrClN2O2S/c1-13(2,11(18)19)10-6-20-12(17-10)16-9-4-3-7(14)5-8(9)15/h3-6H,1-2H3,(H,16,17)(H,18,19). The lowest BCUT2D eigenvalue weighted by Crippen LogP contribution is -2.28. The maximum Gasteiger partial charge on any atom is 0.315 e. The number of carboxylic acid groups (broad SMARTS) is 1. The van der Waals surface area contributed by atoms with Gasteiger partial charge >= 0.3 is 5.97 Å². The Balaban J connectivity index is 2.24. The first-order valence-electron chi connectivity index (χ1n) is 5.72. The first-order chi connectivity index (χ1) is 9.30. The smallest absolute Gasteiger partial charge is 0.315 e. The van der Waals surface area contributed by atoms with Gasteiger partial charge in [0.15, 0.2) is 5.13 Å². The van der Waals surface area contributed by atoms with Crippen LogP contribution in [0.2, 0.25) is 5.02 Å². The molecule has 0 aliphatic heterocycles. The Morgan fingerprint density at radius 1 is 1.50 bits per heavy atom. The van der Waals surface area contributed by atoms with Gasteiger partial charge < -0.3 is 10.4 Å². The van der Waals surface area contributed by atoms with E-state index < -0.39 is 11.4 Å². The van der Waals surface area contributed by atoms with Crippen LogP contribution in [0.5, 0.6) is 0 Å². The second kappa shape index (κ2) is 5.71. The van der Waals surface area contributed by atoms with Gasteiger partial charge in [-0.3, -0.25) is 4.79 Å². The van der Waals surface area contributed by atoms with Gasteiger partial charge in [-0.1, -0.05) is 27.5 Å². The number of benzene rings is 1. The molecule has 4 nitrogen and oxygen atoms in total. The third-order valence-corrected chi connectivity index (χ3v) is 4.42. The zero-order valence-corrected chi connectivity index (χ0v) is 13.9. The quantitative estimate of drug-likeness (QED) is 0.815. The van der Waals surface area contributed by atoms with E-state index in [1.165, 1.54) is 11.3 Å². The number of hydrogen-bond acceptors (Lipinski definition) is 4. The summed E-state index contributed by atoms with van der Waals surface area (Å²) < 4.78 is 0.889. The fourth-order valence-corrected chi connectivity index (χ4v) is 3.05. The molecular weight excluding hydrogens is 364 g/mol. The number of aromatic nitrogens is 1. The molecule has 0 saturated heterocycles. The van der Waals surface area contributed by atoms with Crippen LogP contribution in [0.15, 0.2) is 28.1 Å². The minimum Gasteiger partial charge on any atom is -0.481 e. The van der Waals surface area contributed by atoms with E-state index in [2.05, 4.69) is 26.2 Å². The fraction of sp³-hybridized carbons (Fsp3) is 0.231. The predicted octanol–water partition coefficient (Wildman–Crippen LogP) is 4.66. The highest BCUT2D eigenvalue weighted by molar-refractivity contribution is 9.10. The van der Waals surface area contributed by atoms with Crippen LogP contribution in [-0.4, -0.2) is 16.1 Å². The first-order valence-corrected chi connectivity index (χ1v) is 7.77. The van der Waals surface area contributed by atoms with Crippen molar-refractivity contribution in [1.82, 2.24) is 4.98 Å². The number of halogens is 2. The molecule has 0 bridgehead atoms. The average molecular weight is 376 g/mol. The van der Waals surface area contributed by atoms with E-state index in [9.17, 15) is 9.90 Å². The molecule has 0 amide bonds. The van der Waals surface area contributed by atoms with Crippen molar-refractivity contribution in [3.05, 3.63) is 38.8 Å². The lowest BCUT2D eigenvalue weighted by Gasteiger charge is -2.15. The Morgan fingerprint density at radius 3 is 2.80 bits per heavy atom. The number of thiazole rings is 1. The molecule has 0 radical (unpaired) electrons. The van der Waals surface area contributed by atoms with Crippen LogP contribution in [0.25, 0.3) is 0 Å². The highest BCUT2D eigenvalue weighted by Gasteiger charge is 2.32. The number of carboxylic acids is 1. The molecule has 0 fully saturated rings. The summed E-state index contributed by atoms with van der Waals surface area (Å²) in [4.78, 5) is 15.5. The number of nitrogens with zero attached hydrogens (tertiary/aromatic N) is 1. The van der Waals surface area contributed by atoms with Crippen LogP contribution in [0.3, 0.4) is 0 Å². The molecule has 0 atom stereocenters. The summed E-state index contributed by atoms with van der Waals surface area (Å²) in [5, 5.41) is 15.2. The summed E-state index contributed by atoms with van der Waals surface area (Å²) in [7, 11) is 0. The molecule has 0 aliphatic carbocycles. The zero-order chi connectivity index (χ0) is 14.9. The first kappa shape index (κ1) is 15.3. The van der Waals surface area contributed by atoms with Crippen LogP contribution in [0.4, 0.5) is 10.8 Å². The summed E-state index contributed by atoms with van der Waals surface area (Å²) in [6, 6.07) is 5.47.